The summed E-state index contributed by atoms with van der Waals surface area (Å²) in [4.78, 5) is 14.5. The van der Waals surface area contributed by atoms with Crippen molar-refractivity contribution in [1.29, 1.82) is 0 Å². The number of amides is 1. The van der Waals surface area contributed by atoms with Crippen molar-refractivity contribution in [3.63, 3.8) is 0 Å². The maximum Gasteiger partial charge on any atom is 0.246 e. The van der Waals surface area contributed by atoms with E-state index in [-0.39, 0.29) is 11.9 Å². The van der Waals surface area contributed by atoms with Gasteiger partial charge in [0.15, 0.2) is 0 Å². The summed E-state index contributed by atoms with van der Waals surface area (Å²) >= 11 is 0. The Morgan fingerprint density at radius 1 is 1.33 bits per heavy atom. The molecule has 114 valence electrons. The van der Waals surface area contributed by atoms with Crippen LogP contribution in [0.25, 0.3) is 0 Å². The highest BCUT2D eigenvalue weighted by Gasteiger charge is 2.30. The molecule has 3 rings (SSSR count). The van der Waals surface area contributed by atoms with Gasteiger partial charge in [0.05, 0.1) is 0 Å². The highest BCUT2D eigenvalue weighted by molar-refractivity contribution is 6.03. The number of anilines is 2. The van der Waals surface area contributed by atoms with E-state index in [2.05, 4.69) is 40.7 Å². The van der Waals surface area contributed by atoms with Crippen LogP contribution in [0.2, 0.25) is 0 Å². The van der Waals surface area contributed by atoms with Crippen LogP contribution in [0.1, 0.15) is 44.7 Å². The lowest BCUT2D eigenvalue weighted by Crippen LogP contribution is -2.27. The number of fused-ring (bicyclic) bond motifs is 1. The van der Waals surface area contributed by atoms with Crippen LogP contribution in [0.3, 0.4) is 0 Å². The largest absolute Gasteiger partial charge is 0.371 e. The van der Waals surface area contributed by atoms with Crippen LogP contribution in [-0.2, 0) is 4.79 Å². The summed E-state index contributed by atoms with van der Waals surface area (Å²) in [5.74, 6) is 0.933. The molecule has 1 aromatic rings. The topological polar surface area (TPSA) is 44.4 Å². The third-order valence-corrected chi connectivity index (χ3v) is 4.31. The van der Waals surface area contributed by atoms with Crippen molar-refractivity contribution in [2.75, 3.05) is 29.9 Å². The average Bonchev–Trinajstić information content (AvgIpc) is 3.23. The molecule has 0 spiro atoms. The predicted octanol–water partition coefficient (Wildman–Crippen LogP) is 2.92. The van der Waals surface area contributed by atoms with Gasteiger partial charge in [0.1, 0.15) is 6.04 Å². The van der Waals surface area contributed by atoms with Crippen molar-refractivity contribution >= 4 is 17.3 Å². The Morgan fingerprint density at radius 3 is 2.81 bits per heavy atom. The second-order valence-electron chi connectivity index (χ2n) is 6.14. The molecule has 4 nitrogen and oxygen atoms in total. The summed E-state index contributed by atoms with van der Waals surface area (Å²) in [6, 6.07) is 6.22. The zero-order valence-corrected chi connectivity index (χ0v) is 13.0. The van der Waals surface area contributed by atoms with Gasteiger partial charge in [0.25, 0.3) is 0 Å². The molecular formula is C17H25N3O. The second kappa shape index (κ2) is 6.06. The van der Waals surface area contributed by atoms with Crippen molar-refractivity contribution < 1.29 is 4.79 Å². The third kappa shape index (κ3) is 3.05. The number of carbonyl (C=O) groups is 1. The van der Waals surface area contributed by atoms with Gasteiger partial charge >= 0.3 is 0 Å². The summed E-state index contributed by atoms with van der Waals surface area (Å²) in [6.45, 7) is 7.27. The molecule has 1 amide bonds. The molecule has 2 N–H and O–H groups in total. The van der Waals surface area contributed by atoms with Gasteiger partial charge in [-0.15, -0.1) is 0 Å². The monoisotopic (exact) mass is 287 g/mol. The van der Waals surface area contributed by atoms with E-state index in [1.807, 2.05) is 6.92 Å². The molecule has 1 fully saturated rings. The molecule has 2 aliphatic rings. The lowest BCUT2D eigenvalue weighted by atomic mass is 10.1. The van der Waals surface area contributed by atoms with Crippen molar-refractivity contribution in [3.8, 4) is 0 Å². The first kappa shape index (κ1) is 14.4. The maximum absolute atomic E-state index is 12.0. The van der Waals surface area contributed by atoms with E-state index in [0.29, 0.717) is 0 Å². The van der Waals surface area contributed by atoms with Crippen LogP contribution in [-0.4, -0.2) is 25.5 Å². The Labute approximate surface area is 126 Å². The number of hydrogen-bond acceptors (Lipinski definition) is 3. The fourth-order valence-electron chi connectivity index (χ4n) is 3.06. The van der Waals surface area contributed by atoms with Crippen molar-refractivity contribution in [2.24, 2.45) is 5.92 Å². The Hall–Kier alpha value is -1.55. The summed E-state index contributed by atoms with van der Waals surface area (Å²) in [5, 5.41) is 6.25. The SMILES string of the molecule is CCCN(CC1CC1)c1ccc2c(c1)NC(=O)C2NCC. The predicted molar refractivity (Wildman–Crippen MR) is 86.7 cm³/mol. The van der Waals surface area contributed by atoms with Crippen LogP contribution < -0.4 is 15.5 Å². The zero-order chi connectivity index (χ0) is 14.8. The molecule has 0 saturated heterocycles. The van der Waals surface area contributed by atoms with E-state index in [9.17, 15) is 4.79 Å². The van der Waals surface area contributed by atoms with Crippen molar-refractivity contribution in [1.82, 2.24) is 5.32 Å². The average molecular weight is 287 g/mol. The third-order valence-electron chi connectivity index (χ3n) is 4.31. The van der Waals surface area contributed by atoms with E-state index in [1.54, 1.807) is 0 Å². The van der Waals surface area contributed by atoms with Crippen molar-refractivity contribution in [3.05, 3.63) is 23.8 Å². The Morgan fingerprint density at radius 2 is 2.14 bits per heavy atom. The lowest BCUT2D eigenvalue weighted by molar-refractivity contribution is -0.117. The van der Waals surface area contributed by atoms with E-state index in [4.69, 9.17) is 0 Å². The van der Waals surface area contributed by atoms with E-state index in [0.717, 1.165) is 43.2 Å². The molecule has 0 aromatic heterocycles. The van der Waals surface area contributed by atoms with Gasteiger partial charge in [-0.2, -0.15) is 0 Å². The number of rotatable bonds is 7. The van der Waals surface area contributed by atoms with Gasteiger partial charge in [-0.3, -0.25) is 4.79 Å². The van der Waals surface area contributed by atoms with Crippen LogP contribution in [0, 0.1) is 5.92 Å². The Bertz CT molecular complexity index is 525. The Balaban J connectivity index is 1.81. The number of benzene rings is 1. The number of likely N-dealkylation sites (N-methyl/N-ethyl adjacent to an activating group) is 1. The highest BCUT2D eigenvalue weighted by atomic mass is 16.2. The second-order valence-corrected chi connectivity index (χ2v) is 6.14. The minimum atomic E-state index is -0.192. The number of hydrogen-bond donors (Lipinski definition) is 2. The zero-order valence-electron chi connectivity index (χ0n) is 13.0. The van der Waals surface area contributed by atoms with Crippen molar-refractivity contribution in [2.45, 2.75) is 39.2 Å². The first-order chi connectivity index (χ1) is 10.2. The smallest absolute Gasteiger partial charge is 0.246 e. The summed E-state index contributed by atoms with van der Waals surface area (Å²) in [6.07, 6.45) is 3.88. The van der Waals surface area contributed by atoms with Gasteiger partial charge in [-0.05, 0) is 43.9 Å². The molecule has 21 heavy (non-hydrogen) atoms. The fourth-order valence-corrected chi connectivity index (χ4v) is 3.06. The molecule has 4 heteroatoms. The van der Waals surface area contributed by atoms with Gasteiger partial charge < -0.3 is 15.5 Å². The number of carbonyl (C=O) groups excluding carboxylic acids is 1. The summed E-state index contributed by atoms with van der Waals surface area (Å²) < 4.78 is 0. The first-order valence-electron chi connectivity index (χ1n) is 8.16. The highest BCUT2D eigenvalue weighted by Crippen LogP contribution is 2.36. The van der Waals surface area contributed by atoms with E-state index in [1.165, 1.54) is 18.5 Å². The van der Waals surface area contributed by atoms with Gasteiger partial charge in [-0.1, -0.05) is 19.9 Å². The van der Waals surface area contributed by atoms with Gasteiger partial charge in [-0.25, -0.2) is 0 Å². The molecule has 1 unspecified atom stereocenters. The molecule has 1 heterocycles. The fraction of sp³-hybridized carbons (Fsp3) is 0.588. The van der Waals surface area contributed by atoms with Gasteiger partial charge in [0.2, 0.25) is 5.91 Å². The van der Waals surface area contributed by atoms with E-state index >= 15 is 0 Å². The standard InChI is InChI=1S/C17H25N3O/c1-3-9-20(11-12-5-6-12)13-7-8-14-15(10-13)19-17(21)16(14)18-4-2/h7-8,10,12,16,18H,3-6,9,11H2,1-2H3,(H,19,21). The number of nitrogens with one attached hydrogen (secondary N) is 2. The molecule has 0 bridgehead atoms. The molecular weight excluding hydrogens is 262 g/mol. The first-order valence-corrected chi connectivity index (χ1v) is 8.16. The van der Waals surface area contributed by atoms with Crippen LogP contribution >= 0.6 is 0 Å². The molecule has 1 aliphatic carbocycles. The lowest BCUT2D eigenvalue weighted by Gasteiger charge is -2.25. The van der Waals surface area contributed by atoms with Crippen LogP contribution in [0.5, 0.6) is 0 Å². The molecule has 0 radical (unpaired) electrons. The quantitative estimate of drug-likeness (QED) is 0.810. The van der Waals surface area contributed by atoms with E-state index < -0.39 is 0 Å². The minimum absolute atomic E-state index is 0.0632. The van der Waals surface area contributed by atoms with Crippen LogP contribution in [0.4, 0.5) is 11.4 Å². The minimum Gasteiger partial charge on any atom is -0.371 e. The molecule has 1 aliphatic heterocycles. The maximum atomic E-state index is 12.0. The summed E-state index contributed by atoms with van der Waals surface area (Å²) in [5.41, 5.74) is 3.29. The Kier molecular flexibility index (Phi) is 4.15. The normalized spacial score (nSPS) is 20.3. The molecule has 1 saturated carbocycles. The van der Waals surface area contributed by atoms with Crippen LogP contribution in [0.15, 0.2) is 18.2 Å². The van der Waals surface area contributed by atoms with Gasteiger partial charge in [0, 0.05) is 30.0 Å². The molecule has 1 aromatic carbocycles. The summed E-state index contributed by atoms with van der Waals surface area (Å²) in [7, 11) is 0. The number of nitrogens with zero attached hydrogens (tertiary/aromatic N) is 1. The molecule has 1 atom stereocenters.